The first kappa shape index (κ1) is 13.2. The topological polar surface area (TPSA) is 45.0 Å². The van der Waals surface area contributed by atoms with Crippen LogP contribution in [-0.2, 0) is 6.54 Å². The molecule has 0 amide bonds. The summed E-state index contributed by atoms with van der Waals surface area (Å²) in [6.07, 6.45) is 2.03. The molecule has 0 radical (unpaired) electrons. The van der Waals surface area contributed by atoms with E-state index >= 15 is 0 Å². The Morgan fingerprint density at radius 2 is 2.22 bits per heavy atom. The molecular weight excluding hydrogens is 248 g/mol. The zero-order chi connectivity index (χ0) is 13.2. The largest absolute Gasteiger partial charge is 0.495 e. The van der Waals surface area contributed by atoms with Crippen LogP contribution in [0.25, 0.3) is 0 Å². The fraction of sp³-hybridized carbons (Fsp3) is 0.500. The first-order valence-corrected chi connectivity index (χ1v) is 6.43. The maximum atomic E-state index is 8.99. The smallest absolute Gasteiger partial charge is 0.137 e. The van der Waals surface area contributed by atoms with Gasteiger partial charge in [-0.05, 0) is 43.0 Å². The molecule has 96 valence electrons. The van der Waals surface area contributed by atoms with Gasteiger partial charge in [0.15, 0.2) is 0 Å². The lowest BCUT2D eigenvalue weighted by atomic mass is 10.1. The second-order valence-corrected chi connectivity index (χ2v) is 5.32. The van der Waals surface area contributed by atoms with Gasteiger partial charge >= 0.3 is 0 Å². The predicted octanol–water partition coefficient (Wildman–Crippen LogP) is 3.05. The number of nitrogens with one attached hydrogen (secondary N) is 1. The standard InChI is InChI=1S/C14H17ClN2O/c1-10-5-13(18-2)12(15)6-11(10)7-17-9-14(8-16)3-4-14/h5-6,17H,3-4,7,9H2,1-2H3. The van der Waals surface area contributed by atoms with Crippen LogP contribution in [0.15, 0.2) is 12.1 Å². The molecule has 1 N–H and O–H groups in total. The van der Waals surface area contributed by atoms with Crippen molar-refractivity contribution >= 4 is 11.6 Å². The fourth-order valence-corrected chi connectivity index (χ4v) is 2.22. The van der Waals surface area contributed by atoms with Crippen molar-refractivity contribution in [3.63, 3.8) is 0 Å². The van der Waals surface area contributed by atoms with Gasteiger partial charge < -0.3 is 10.1 Å². The van der Waals surface area contributed by atoms with E-state index in [4.69, 9.17) is 21.6 Å². The number of hydrogen-bond acceptors (Lipinski definition) is 3. The van der Waals surface area contributed by atoms with Crippen molar-refractivity contribution in [2.45, 2.75) is 26.3 Å². The van der Waals surface area contributed by atoms with E-state index in [0.717, 1.165) is 37.1 Å². The number of hydrogen-bond donors (Lipinski definition) is 1. The minimum Gasteiger partial charge on any atom is -0.495 e. The number of nitriles is 1. The van der Waals surface area contributed by atoms with E-state index in [-0.39, 0.29) is 5.41 Å². The van der Waals surface area contributed by atoms with Crippen molar-refractivity contribution in [1.29, 1.82) is 5.26 Å². The SMILES string of the molecule is COc1cc(C)c(CNCC2(C#N)CC2)cc1Cl. The molecule has 1 aliphatic carbocycles. The lowest BCUT2D eigenvalue weighted by molar-refractivity contribution is 0.414. The Bertz CT molecular complexity index is 489. The molecule has 0 atom stereocenters. The van der Waals surface area contributed by atoms with E-state index in [2.05, 4.69) is 11.4 Å². The van der Waals surface area contributed by atoms with Crippen LogP contribution in [0.5, 0.6) is 5.75 Å². The van der Waals surface area contributed by atoms with Gasteiger partial charge in [0.1, 0.15) is 5.75 Å². The number of rotatable bonds is 5. The molecule has 0 saturated heterocycles. The Morgan fingerprint density at radius 3 is 2.78 bits per heavy atom. The zero-order valence-corrected chi connectivity index (χ0v) is 11.5. The number of nitrogens with zero attached hydrogens (tertiary/aromatic N) is 1. The number of aryl methyl sites for hydroxylation is 1. The normalized spacial score (nSPS) is 16.1. The summed E-state index contributed by atoms with van der Waals surface area (Å²) in [5, 5.41) is 13.0. The van der Waals surface area contributed by atoms with E-state index in [9.17, 15) is 0 Å². The molecule has 0 heterocycles. The Kier molecular flexibility index (Phi) is 3.79. The highest BCUT2D eigenvalue weighted by Gasteiger charge is 2.42. The van der Waals surface area contributed by atoms with Crippen molar-refractivity contribution in [2.75, 3.05) is 13.7 Å². The van der Waals surface area contributed by atoms with Crippen LogP contribution in [0, 0.1) is 23.7 Å². The molecule has 0 aliphatic heterocycles. The average molecular weight is 265 g/mol. The second kappa shape index (κ2) is 5.17. The van der Waals surface area contributed by atoms with Gasteiger partial charge in [0.25, 0.3) is 0 Å². The zero-order valence-electron chi connectivity index (χ0n) is 10.7. The summed E-state index contributed by atoms with van der Waals surface area (Å²) in [5.41, 5.74) is 2.18. The highest BCUT2D eigenvalue weighted by molar-refractivity contribution is 6.32. The van der Waals surface area contributed by atoms with Crippen molar-refractivity contribution < 1.29 is 4.74 Å². The van der Waals surface area contributed by atoms with Crippen LogP contribution < -0.4 is 10.1 Å². The molecule has 1 saturated carbocycles. The molecule has 2 rings (SSSR count). The Labute approximate surface area is 113 Å². The Morgan fingerprint density at radius 1 is 1.50 bits per heavy atom. The van der Waals surface area contributed by atoms with Crippen molar-refractivity contribution in [3.8, 4) is 11.8 Å². The first-order chi connectivity index (χ1) is 8.60. The van der Waals surface area contributed by atoms with Crippen LogP contribution in [-0.4, -0.2) is 13.7 Å². The molecular formula is C14H17ClN2O. The van der Waals surface area contributed by atoms with E-state index in [1.165, 1.54) is 0 Å². The third-order valence-corrected chi connectivity index (χ3v) is 3.78. The van der Waals surface area contributed by atoms with Crippen molar-refractivity contribution in [2.24, 2.45) is 5.41 Å². The Hall–Kier alpha value is -1.24. The van der Waals surface area contributed by atoms with Crippen LogP contribution in [0.4, 0.5) is 0 Å². The first-order valence-electron chi connectivity index (χ1n) is 6.05. The van der Waals surface area contributed by atoms with Gasteiger partial charge in [0.2, 0.25) is 0 Å². The van der Waals surface area contributed by atoms with E-state index < -0.39 is 0 Å². The molecule has 18 heavy (non-hydrogen) atoms. The molecule has 0 aromatic heterocycles. The highest BCUT2D eigenvalue weighted by atomic mass is 35.5. The number of ether oxygens (including phenoxy) is 1. The summed E-state index contributed by atoms with van der Waals surface area (Å²) in [7, 11) is 1.61. The van der Waals surface area contributed by atoms with Crippen molar-refractivity contribution in [1.82, 2.24) is 5.32 Å². The van der Waals surface area contributed by atoms with Gasteiger partial charge in [-0.2, -0.15) is 5.26 Å². The average Bonchev–Trinajstić information content (AvgIpc) is 3.13. The summed E-state index contributed by atoms with van der Waals surface area (Å²) in [6, 6.07) is 6.24. The molecule has 1 aliphatic rings. The van der Waals surface area contributed by atoms with Gasteiger partial charge in [-0.1, -0.05) is 11.6 Å². The quantitative estimate of drug-likeness (QED) is 0.889. The van der Waals surface area contributed by atoms with Gasteiger partial charge in [0, 0.05) is 13.1 Å². The van der Waals surface area contributed by atoms with Crippen molar-refractivity contribution in [3.05, 3.63) is 28.3 Å². The van der Waals surface area contributed by atoms with Crippen LogP contribution in [0.2, 0.25) is 5.02 Å². The molecule has 0 bridgehead atoms. The lowest BCUT2D eigenvalue weighted by Gasteiger charge is -2.12. The molecule has 0 unspecified atom stereocenters. The van der Waals surface area contributed by atoms with Crippen LogP contribution in [0.1, 0.15) is 24.0 Å². The summed E-state index contributed by atoms with van der Waals surface area (Å²) >= 11 is 6.10. The van der Waals surface area contributed by atoms with E-state index in [1.54, 1.807) is 7.11 Å². The van der Waals surface area contributed by atoms with E-state index in [0.29, 0.717) is 10.8 Å². The summed E-state index contributed by atoms with van der Waals surface area (Å²) in [5.74, 6) is 0.702. The monoisotopic (exact) mass is 264 g/mol. The number of methoxy groups -OCH3 is 1. The Balaban J connectivity index is 1.97. The molecule has 1 fully saturated rings. The third kappa shape index (κ3) is 2.77. The molecule has 3 nitrogen and oxygen atoms in total. The fourth-order valence-electron chi connectivity index (χ4n) is 1.96. The van der Waals surface area contributed by atoms with Gasteiger partial charge in [-0.3, -0.25) is 0 Å². The van der Waals surface area contributed by atoms with Gasteiger partial charge in [-0.25, -0.2) is 0 Å². The minimum atomic E-state index is -0.107. The second-order valence-electron chi connectivity index (χ2n) is 4.91. The lowest BCUT2D eigenvalue weighted by Crippen LogP contribution is -2.22. The van der Waals surface area contributed by atoms with E-state index in [1.807, 2.05) is 19.1 Å². The molecule has 1 aromatic carbocycles. The maximum absolute atomic E-state index is 8.99. The molecule has 0 spiro atoms. The third-order valence-electron chi connectivity index (χ3n) is 3.48. The molecule has 4 heteroatoms. The highest BCUT2D eigenvalue weighted by Crippen LogP contribution is 2.44. The van der Waals surface area contributed by atoms with Gasteiger partial charge in [-0.15, -0.1) is 0 Å². The number of halogens is 1. The number of benzene rings is 1. The van der Waals surface area contributed by atoms with Crippen LogP contribution in [0.3, 0.4) is 0 Å². The molecule has 1 aromatic rings. The minimum absolute atomic E-state index is 0.107. The van der Waals surface area contributed by atoms with Crippen LogP contribution >= 0.6 is 11.6 Å². The summed E-state index contributed by atoms with van der Waals surface area (Å²) in [4.78, 5) is 0. The predicted molar refractivity (Wildman–Crippen MR) is 71.7 cm³/mol. The maximum Gasteiger partial charge on any atom is 0.137 e. The summed E-state index contributed by atoms with van der Waals surface area (Å²) < 4.78 is 5.17. The summed E-state index contributed by atoms with van der Waals surface area (Å²) in [6.45, 7) is 3.53. The van der Waals surface area contributed by atoms with Gasteiger partial charge in [0.05, 0.1) is 23.6 Å².